The van der Waals surface area contributed by atoms with Crippen LogP contribution in [0.3, 0.4) is 0 Å². The fourth-order valence-corrected chi connectivity index (χ4v) is 0.783. The van der Waals surface area contributed by atoms with Gasteiger partial charge in [0.25, 0.3) is 5.91 Å². The number of carbonyl (C=O) groups is 1. The Balaban J connectivity index is 2.42. The third-order valence-electron chi connectivity index (χ3n) is 1.27. The first-order chi connectivity index (χ1) is 5.34. The van der Waals surface area contributed by atoms with Crippen LogP contribution in [0.25, 0.3) is 0 Å². The lowest BCUT2D eigenvalue weighted by molar-refractivity contribution is -0.122. The maximum absolute atomic E-state index is 11.1. The highest BCUT2D eigenvalue weighted by molar-refractivity contribution is 5.85. The number of nitrogens with zero attached hydrogens (tertiary/aromatic N) is 1. The van der Waals surface area contributed by atoms with E-state index in [1.54, 1.807) is 18.5 Å². The zero-order valence-electron chi connectivity index (χ0n) is 6.37. The maximum atomic E-state index is 11.1. The van der Waals surface area contributed by atoms with Crippen molar-refractivity contribution in [2.45, 2.75) is 13.1 Å². The van der Waals surface area contributed by atoms with Crippen molar-refractivity contribution in [1.29, 1.82) is 0 Å². The first kappa shape index (κ1) is 7.78. The quantitative estimate of drug-likeness (QED) is 0.569. The molecule has 1 atom stereocenters. The van der Waals surface area contributed by atoms with Crippen LogP contribution in [-0.4, -0.2) is 24.8 Å². The summed E-state index contributed by atoms with van der Waals surface area (Å²) in [6.07, 6.45) is 4.61. The van der Waals surface area contributed by atoms with Crippen molar-refractivity contribution in [3.8, 4) is 0 Å². The van der Waals surface area contributed by atoms with Gasteiger partial charge in [-0.1, -0.05) is 0 Å². The molecule has 0 aliphatic carbocycles. The van der Waals surface area contributed by atoms with E-state index in [1.165, 1.54) is 0 Å². The van der Waals surface area contributed by atoms with Gasteiger partial charge in [-0.2, -0.15) is 0 Å². The minimum Gasteiger partial charge on any atom is -0.362 e. The van der Waals surface area contributed by atoms with Crippen molar-refractivity contribution in [2.75, 3.05) is 6.54 Å². The number of hydrogen-bond donors (Lipinski definition) is 2. The van der Waals surface area contributed by atoms with Gasteiger partial charge >= 0.3 is 0 Å². The minimum absolute atomic E-state index is 0.0897. The third kappa shape index (κ3) is 2.07. The largest absolute Gasteiger partial charge is 0.362 e. The van der Waals surface area contributed by atoms with Gasteiger partial charge in [0.15, 0.2) is 6.17 Å². The number of hydrogen-bond acceptors (Lipinski definition) is 3. The lowest BCUT2D eigenvalue weighted by Gasteiger charge is -2.13. The fourth-order valence-electron chi connectivity index (χ4n) is 0.783. The molecule has 4 heteroatoms. The van der Waals surface area contributed by atoms with E-state index in [2.05, 4.69) is 15.6 Å². The number of likely N-dealkylation sites (N-methyl/N-ethyl adjacent to an activating group) is 1. The van der Waals surface area contributed by atoms with Crippen LogP contribution in [0.1, 0.15) is 6.92 Å². The second-order valence-corrected chi connectivity index (χ2v) is 2.12. The van der Waals surface area contributed by atoms with Crippen molar-refractivity contribution < 1.29 is 4.79 Å². The Morgan fingerprint density at radius 3 is 3.18 bits per heavy atom. The number of nitrogens with one attached hydrogen (secondary N) is 2. The topological polar surface area (TPSA) is 53.5 Å². The van der Waals surface area contributed by atoms with Crippen LogP contribution in [0.2, 0.25) is 0 Å². The zero-order chi connectivity index (χ0) is 8.10. The molecule has 1 unspecified atom stereocenters. The summed E-state index contributed by atoms with van der Waals surface area (Å²) in [4.78, 5) is 15.0. The molecule has 1 heterocycles. The number of allylic oxidation sites excluding steroid dienone is 1. The molecule has 0 fully saturated rings. The summed E-state index contributed by atoms with van der Waals surface area (Å²) in [6.45, 7) is 2.51. The summed E-state index contributed by atoms with van der Waals surface area (Å²) in [5.74, 6) is -0.0897. The second kappa shape index (κ2) is 3.75. The molecule has 1 aliphatic heterocycles. The molecule has 0 aromatic carbocycles. The van der Waals surface area contributed by atoms with Crippen molar-refractivity contribution >= 4 is 12.1 Å². The van der Waals surface area contributed by atoms with E-state index in [-0.39, 0.29) is 5.91 Å². The zero-order valence-corrected chi connectivity index (χ0v) is 6.37. The van der Waals surface area contributed by atoms with Gasteiger partial charge in [0.05, 0.1) is 0 Å². The van der Waals surface area contributed by atoms with E-state index in [9.17, 15) is 4.79 Å². The highest BCUT2D eigenvalue weighted by Crippen LogP contribution is 1.90. The predicted molar refractivity (Wildman–Crippen MR) is 43.2 cm³/mol. The Bertz CT molecular complexity index is 198. The number of aliphatic imine (C=N–C) groups is 1. The van der Waals surface area contributed by atoms with Crippen molar-refractivity contribution in [3.05, 3.63) is 12.3 Å². The molecule has 0 aromatic rings. The molecule has 1 aliphatic rings. The Morgan fingerprint density at radius 2 is 2.64 bits per heavy atom. The lowest BCUT2D eigenvalue weighted by Crippen LogP contribution is -2.41. The van der Waals surface area contributed by atoms with Crippen LogP contribution in [0.15, 0.2) is 17.3 Å². The van der Waals surface area contributed by atoms with Crippen molar-refractivity contribution in [1.82, 2.24) is 10.6 Å². The van der Waals surface area contributed by atoms with Gasteiger partial charge in [-0.3, -0.25) is 9.79 Å². The monoisotopic (exact) mass is 153 g/mol. The van der Waals surface area contributed by atoms with Crippen molar-refractivity contribution in [2.24, 2.45) is 4.99 Å². The van der Waals surface area contributed by atoms with E-state index in [0.29, 0.717) is 6.54 Å². The van der Waals surface area contributed by atoms with Gasteiger partial charge in [-0.25, -0.2) is 0 Å². The molecule has 60 valence electrons. The third-order valence-corrected chi connectivity index (χ3v) is 1.27. The van der Waals surface area contributed by atoms with E-state index < -0.39 is 6.17 Å². The summed E-state index contributed by atoms with van der Waals surface area (Å²) in [5, 5.41) is 5.48. The first-order valence-corrected chi connectivity index (χ1v) is 3.56. The highest BCUT2D eigenvalue weighted by Gasteiger charge is 2.13. The van der Waals surface area contributed by atoms with Crippen LogP contribution >= 0.6 is 0 Å². The number of amides is 1. The van der Waals surface area contributed by atoms with E-state index in [1.807, 2.05) is 6.92 Å². The molecule has 0 saturated heterocycles. The molecule has 0 aromatic heterocycles. The second-order valence-electron chi connectivity index (χ2n) is 2.12. The summed E-state index contributed by atoms with van der Waals surface area (Å²) in [7, 11) is 0. The molecule has 1 rings (SSSR count). The smallest absolute Gasteiger partial charge is 0.265 e. The average Bonchev–Trinajstić information content (AvgIpc) is 2.07. The summed E-state index contributed by atoms with van der Waals surface area (Å²) >= 11 is 0. The molecule has 2 N–H and O–H groups in total. The summed E-state index contributed by atoms with van der Waals surface area (Å²) < 4.78 is 0. The molecule has 0 bridgehead atoms. The molecule has 1 amide bonds. The highest BCUT2D eigenvalue weighted by atomic mass is 16.2. The Hall–Kier alpha value is -1.32. The summed E-state index contributed by atoms with van der Waals surface area (Å²) in [6, 6.07) is 0. The summed E-state index contributed by atoms with van der Waals surface area (Å²) in [5.41, 5.74) is 0. The normalized spacial score (nSPS) is 21.0. The lowest BCUT2D eigenvalue weighted by atomic mass is 10.4. The van der Waals surface area contributed by atoms with E-state index in [0.717, 1.165) is 0 Å². The number of carbonyl (C=O) groups excluding carboxylic acids is 1. The van der Waals surface area contributed by atoms with Gasteiger partial charge in [0, 0.05) is 19.0 Å². The van der Waals surface area contributed by atoms with Gasteiger partial charge in [-0.15, -0.1) is 0 Å². The minimum atomic E-state index is -0.444. The van der Waals surface area contributed by atoms with Gasteiger partial charge < -0.3 is 10.6 Å². The average molecular weight is 153 g/mol. The van der Waals surface area contributed by atoms with Gasteiger partial charge in [0.2, 0.25) is 0 Å². The molecule has 0 spiro atoms. The molecule has 4 nitrogen and oxygen atoms in total. The van der Waals surface area contributed by atoms with Crippen LogP contribution in [0.5, 0.6) is 0 Å². The van der Waals surface area contributed by atoms with E-state index in [4.69, 9.17) is 0 Å². The van der Waals surface area contributed by atoms with Crippen LogP contribution in [0.4, 0.5) is 0 Å². The number of rotatable bonds is 2. The van der Waals surface area contributed by atoms with Gasteiger partial charge in [0.1, 0.15) is 0 Å². The standard InChI is InChI=1S/C7H11N3O/c1-2-8-7(11)6-9-4-3-5-10-6/h3-6,9H,2H2,1H3,(H,8,11). The first-order valence-electron chi connectivity index (χ1n) is 3.56. The molecular weight excluding hydrogens is 142 g/mol. The maximum Gasteiger partial charge on any atom is 0.265 e. The van der Waals surface area contributed by atoms with Crippen LogP contribution in [-0.2, 0) is 4.79 Å². The fraction of sp³-hybridized carbons (Fsp3) is 0.429. The van der Waals surface area contributed by atoms with Crippen LogP contribution < -0.4 is 10.6 Å². The predicted octanol–water partition coefficient (Wildman–Crippen LogP) is -0.364. The van der Waals surface area contributed by atoms with Crippen molar-refractivity contribution in [3.63, 3.8) is 0 Å². The Labute approximate surface area is 65.4 Å². The molecule has 0 radical (unpaired) electrons. The van der Waals surface area contributed by atoms with Gasteiger partial charge in [-0.05, 0) is 13.0 Å². The molecule has 11 heavy (non-hydrogen) atoms. The molecular formula is C7H11N3O. The van der Waals surface area contributed by atoms with E-state index >= 15 is 0 Å². The molecule has 0 saturated carbocycles. The van der Waals surface area contributed by atoms with Crippen LogP contribution in [0, 0.1) is 0 Å². The Morgan fingerprint density at radius 1 is 1.82 bits per heavy atom. The Kier molecular flexibility index (Phi) is 2.66. The SMILES string of the molecule is CCNC(=O)C1N=CC=CN1.